The molecule has 2 N–H and O–H groups in total. The molecule has 2 aromatic heterocycles. The topological polar surface area (TPSA) is 72.2 Å². The van der Waals surface area contributed by atoms with Crippen LogP contribution < -0.4 is 5.32 Å². The van der Waals surface area contributed by atoms with E-state index in [1.165, 1.54) is 0 Å². The molecule has 2 aromatic rings. The summed E-state index contributed by atoms with van der Waals surface area (Å²) in [6, 6.07) is -0.131. The van der Waals surface area contributed by atoms with Crippen molar-refractivity contribution in [3.05, 3.63) is 32.8 Å². The second-order valence-corrected chi connectivity index (χ2v) is 8.33. The van der Waals surface area contributed by atoms with Gasteiger partial charge in [0.25, 0.3) is 0 Å². The number of ether oxygens (including phenoxy) is 1. The van der Waals surface area contributed by atoms with Crippen LogP contribution in [0, 0.1) is 0 Å². The molecule has 2 aliphatic rings. The SMILES string of the molecule is C[C@H]1C[C@@]2(C[C@@H](c3cn(C)nn3)N1)OCCc1c2sc(C(F)(F)F)c1CO. The number of hydrogen-bond acceptors (Lipinski definition) is 6. The molecule has 148 valence electrons. The lowest BCUT2D eigenvalue weighted by molar-refractivity contribution is -0.135. The lowest BCUT2D eigenvalue weighted by Crippen LogP contribution is -2.49. The quantitative estimate of drug-likeness (QED) is 0.808. The number of aryl methyl sites for hydroxylation is 1. The molecule has 1 fully saturated rings. The first-order chi connectivity index (χ1) is 12.7. The molecule has 0 radical (unpaired) electrons. The van der Waals surface area contributed by atoms with E-state index in [1.807, 2.05) is 13.1 Å². The predicted molar refractivity (Wildman–Crippen MR) is 92.2 cm³/mol. The van der Waals surface area contributed by atoms with E-state index in [9.17, 15) is 18.3 Å². The maximum atomic E-state index is 13.5. The van der Waals surface area contributed by atoms with Gasteiger partial charge in [0.05, 0.1) is 24.9 Å². The van der Waals surface area contributed by atoms with Gasteiger partial charge in [-0.15, -0.1) is 16.4 Å². The third-order valence-electron chi connectivity index (χ3n) is 5.31. The average Bonchev–Trinajstić information content (AvgIpc) is 3.18. The zero-order valence-electron chi connectivity index (χ0n) is 15.0. The first-order valence-corrected chi connectivity index (χ1v) is 9.64. The van der Waals surface area contributed by atoms with Gasteiger partial charge in [-0.05, 0) is 25.3 Å². The Kier molecular flexibility index (Phi) is 4.57. The Hall–Kier alpha value is -1.49. The van der Waals surface area contributed by atoms with Gasteiger partial charge in [0.2, 0.25) is 0 Å². The van der Waals surface area contributed by atoms with Crippen LogP contribution in [-0.2, 0) is 36.6 Å². The first-order valence-electron chi connectivity index (χ1n) is 8.83. The van der Waals surface area contributed by atoms with Gasteiger partial charge >= 0.3 is 6.18 Å². The lowest BCUT2D eigenvalue weighted by atomic mass is 9.78. The zero-order chi connectivity index (χ0) is 19.4. The van der Waals surface area contributed by atoms with Crippen LogP contribution in [0.3, 0.4) is 0 Å². The molecule has 0 unspecified atom stereocenters. The van der Waals surface area contributed by atoms with Crippen LogP contribution in [0.1, 0.15) is 52.4 Å². The second-order valence-electron chi connectivity index (χ2n) is 7.31. The molecule has 4 heterocycles. The van der Waals surface area contributed by atoms with Gasteiger partial charge in [-0.25, -0.2) is 0 Å². The highest BCUT2D eigenvalue weighted by Crippen LogP contribution is 2.52. The molecule has 2 aliphatic heterocycles. The fourth-order valence-corrected chi connectivity index (χ4v) is 5.72. The normalized spacial score (nSPS) is 28.5. The monoisotopic (exact) mass is 402 g/mol. The van der Waals surface area contributed by atoms with Gasteiger partial charge in [0.1, 0.15) is 10.5 Å². The number of hydrogen-bond donors (Lipinski definition) is 2. The Morgan fingerprint density at radius 3 is 2.85 bits per heavy atom. The molecule has 3 atom stereocenters. The van der Waals surface area contributed by atoms with Crippen LogP contribution in [-0.4, -0.2) is 32.7 Å². The summed E-state index contributed by atoms with van der Waals surface area (Å²) in [6.45, 7) is 1.72. The summed E-state index contributed by atoms with van der Waals surface area (Å²) in [5.74, 6) is 0. The standard InChI is InChI=1S/C17H21F3N4O2S/c1-9-5-16(6-12(21-9)13-7-24(2)23-22-13)14-10(3-4-26-16)11(8-25)15(27-14)17(18,19)20/h7,9,12,21,25H,3-6,8H2,1-2H3/t9-,12-,16-/m0/s1. The number of rotatable bonds is 2. The van der Waals surface area contributed by atoms with E-state index < -0.39 is 23.3 Å². The smallest absolute Gasteiger partial charge is 0.392 e. The highest BCUT2D eigenvalue weighted by atomic mass is 32.1. The van der Waals surface area contributed by atoms with Gasteiger partial charge in [-0.3, -0.25) is 4.68 Å². The molecule has 1 saturated heterocycles. The van der Waals surface area contributed by atoms with Crippen molar-refractivity contribution in [1.82, 2.24) is 20.3 Å². The molecular formula is C17H21F3N4O2S. The van der Waals surface area contributed by atoms with E-state index >= 15 is 0 Å². The molecular weight excluding hydrogens is 381 g/mol. The van der Waals surface area contributed by atoms with E-state index in [-0.39, 0.29) is 17.6 Å². The van der Waals surface area contributed by atoms with Crippen LogP contribution in [0.4, 0.5) is 13.2 Å². The van der Waals surface area contributed by atoms with Crippen molar-refractivity contribution in [2.24, 2.45) is 7.05 Å². The minimum absolute atomic E-state index is 0.00686. The second kappa shape index (κ2) is 6.54. The summed E-state index contributed by atoms with van der Waals surface area (Å²) < 4.78 is 48.3. The summed E-state index contributed by atoms with van der Waals surface area (Å²) in [6.07, 6.45) is -1.24. The fraction of sp³-hybridized carbons (Fsp3) is 0.647. The van der Waals surface area contributed by atoms with E-state index in [1.54, 1.807) is 11.7 Å². The lowest BCUT2D eigenvalue weighted by Gasteiger charge is -2.45. The summed E-state index contributed by atoms with van der Waals surface area (Å²) in [7, 11) is 1.77. The Morgan fingerprint density at radius 2 is 2.22 bits per heavy atom. The van der Waals surface area contributed by atoms with Gasteiger partial charge < -0.3 is 15.2 Å². The van der Waals surface area contributed by atoms with Crippen LogP contribution in [0.5, 0.6) is 0 Å². The molecule has 27 heavy (non-hydrogen) atoms. The largest absolute Gasteiger partial charge is 0.425 e. The molecule has 0 aliphatic carbocycles. The van der Waals surface area contributed by atoms with Crippen molar-refractivity contribution in [1.29, 1.82) is 0 Å². The van der Waals surface area contributed by atoms with Crippen LogP contribution in [0.2, 0.25) is 0 Å². The summed E-state index contributed by atoms with van der Waals surface area (Å²) in [5, 5.41) is 21.2. The van der Waals surface area contributed by atoms with E-state index in [0.717, 1.165) is 17.0 Å². The Balaban J connectivity index is 1.79. The molecule has 0 aromatic carbocycles. The van der Waals surface area contributed by atoms with Crippen LogP contribution in [0.15, 0.2) is 6.20 Å². The van der Waals surface area contributed by atoms with Gasteiger partial charge in [-0.2, -0.15) is 13.2 Å². The molecule has 0 saturated carbocycles. The average molecular weight is 402 g/mol. The highest BCUT2D eigenvalue weighted by molar-refractivity contribution is 7.12. The van der Waals surface area contributed by atoms with Gasteiger partial charge in [0, 0.05) is 36.1 Å². The summed E-state index contributed by atoms with van der Waals surface area (Å²) in [4.78, 5) is -0.102. The molecule has 10 heteroatoms. The van der Waals surface area contributed by atoms with E-state index in [4.69, 9.17) is 4.74 Å². The highest BCUT2D eigenvalue weighted by Gasteiger charge is 2.49. The third-order valence-corrected chi connectivity index (χ3v) is 6.81. The summed E-state index contributed by atoms with van der Waals surface area (Å²) in [5.41, 5.74) is 0.549. The number of halogens is 3. The molecule has 6 nitrogen and oxygen atoms in total. The number of aliphatic hydroxyl groups excluding tert-OH is 1. The maximum absolute atomic E-state index is 13.5. The van der Waals surface area contributed by atoms with E-state index in [2.05, 4.69) is 15.6 Å². The van der Waals surface area contributed by atoms with Gasteiger partial charge in [-0.1, -0.05) is 5.21 Å². The van der Waals surface area contributed by atoms with Crippen molar-refractivity contribution in [3.63, 3.8) is 0 Å². The van der Waals surface area contributed by atoms with Crippen molar-refractivity contribution in [2.45, 2.75) is 56.7 Å². The number of alkyl halides is 3. The van der Waals surface area contributed by atoms with Crippen LogP contribution in [0.25, 0.3) is 0 Å². The molecule has 4 rings (SSSR count). The molecule has 1 spiro atoms. The summed E-state index contributed by atoms with van der Waals surface area (Å²) >= 11 is 0.724. The molecule has 0 bridgehead atoms. The zero-order valence-corrected chi connectivity index (χ0v) is 15.8. The number of thiophene rings is 1. The van der Waals surface area contributed by atoms with Crippen molar-refractivity contribution in [2.75, 3.05) is 6.61 Å². The Labute approximate surface area is 158 Å². The predicted octanol–water partition coefficient (Wildman–Crippen LogP) is 2.67. The van der Waals surface area contributed by atoms with Crippen molar-refractivity contribution in [3.8, 4) is 0 Å². The molecule has 0 amide bonds. The maximum Gasteiger partial charge on any atom is 0.425 e. The third kappa shape index (κ3) is 3.18. The number of nitrogens with one attached hydrogen (secondary N) is 1. The fourth-order valence-electron chi connectivity index (χ4n) is 4.33. The van der Waals surface area contributed by atoms with Crippen LogP contribution >= 0.6 is 11.3 Å². The van der Waals surface area contributed by atoms with Crippen molar-refractivity contribution >= 4 is 11.3 Å². The van der Waals surface area contributed by atoms with Crippen molar-refractivity contribution < 1.29 is 23.0 Å². The Morgan fingerprint density at radius 1 is 1.44 bits per heavy atom. The minimum atomic E-state index is -4.48. The van der Waals surface area contributed by atoms with Gasteiger partial charge in [0.15, 0.2) is 0 Å². The number of aliphatic hydroxyl groups is 1. The number of nitrogens with zero attached hydrogens (tertiary/aromatic N) is 3. The Bertz CT molecular complexity index is 850. The number of piperidine rings is 1. The van der Waals surface area contributed by atoms with E-state index in [0.29, 0.717) is 36.3 Å². The minimum Gasteiger partial charge on any atom is -0.392 e. The number of aromatic nitrogens is 3. The number of fused-ring (bicyclic) bond motifs is 2. The first kappa shape index (κ1) is 18.9.